The van der Waals surface area contributed by atoms with Crippen LogP contribution in [-0.4, -0.2) is 61.5 Å². The number of carbonyl (C=O) groups is 1. The molecule has 1 aliphatic rings. The maximum absolute atomic E-state index is 12.3. The van der Waals surface area contributed by atoms with Crippen LogP contribution in [0.4, 0.5) is 5.13 Å². The number of aliphatic hydroxyl groups excluding tert-OH is 2. The molecule has 0 spiro atoms. The van der Waals surface area contributed by atoms with Crippen LogP contribution in [0.25, 0.3) is 0 Å². The number of rotatable bonds is 5. The molecule has 0 aromatic carbocycles. The van der Waals surface area contributed by atoms with Gasteiger partial charge in [-0.2, -0.15) is 0 Å². The Labute approximate surface area is 159 Å². The van der Waals surface area contributed by atoms with Crippen LogP contribution in [0.1, 0.15) is 47.7 Å². The first-order valence-electron chi connectivity index (χ1n) is 8.38. The van der Waals surface area contributed by atoms with E-state index >= 15 is 0 Å². The summed E-state index contributed by atoms with van der Waals surface area (Å²) in [5.74, 6) is -0.247. The molecule has 0 bridgehead atoms. The second-order valence-corrected chi connectivity index (χ2v) is 7.53. The Morgan fingerprint density at radius 1 is 1.54 bits per heavy atom. The fourth-order valence-corrected chi connectivity index (χ4v) is 3.84. The molecule has 0 aliphatic carbocycles. The minimum absolute atomic E-state index is 0.146. The normalized spacial score (nSPS) is 21.7. The fraction of sp³-hybridized carbons (Fsp3) is 0.600. The maximum Gasteiger partial charge on any atom is 0.287 e. The number of β-amino-alcohol motifs (C(OH)–C–C–N with tert-alkyl or cyclic N) is 1. The smallest absolute Gasteiger partial charge is 0.287 e. The van der Waals surface area contributed by atoms with Crippen molar-refractivity contribution < 1.29 is 15.0 Å². The van der Waals surface area contributed by atoms with Gasteiger partial charge in [-0.25, -0.2) is 4.98 Å². The number of halogens is 1. The van der Waals surface area contributed by atoms with Crippen LogP contribution >= 0.6 is 22.9 Å². The summed E-state index contributed by atoms with van der Waals surface area (Å²) in [5, 5.41) is 32.2. The third kappa shape index (κ3) is 3.98. The summed E-state index contributed by atoms with van der Waals surface area (Å²) < 4.78 is 0. The third-order valence-electron chi connectivity index (χ3n) is 4.25. The highest BCUT2D eigenvalue weighted by Gasteiger charge is 2.31. The number of aromatic nitrogens is 4. The minimum atomic E-state index is -0.761. The molecular weight excluding hydrogens is 380 g/mol. The van der Waals surface area contributed by atoms with Crippen molar-refractivity contribution in [2.75, 3.05) is 18.0 Å². The van der Waals surface area contributed by atoms with E-state index < -0.39 is 24.2 Å². The molecule has 1 amide bonds. The number of amides is 1. The Hall–Kier alpha value is -1.75. The average molecular weight is 401 g/mol. The van der Waals surface area contributed by atoms with Gasteiger partial charge in [0.2, 0.25) is 5.13 Å². The molecule has 0 saturated carbocycles. The number of nitrogens with one attached hydrogen (secondary N) is 2. The van der Waals surface area contributed by atoms with Gasteiger partial charge in [0.1, 0.15) is 11.1 Å². The predicted molar refractivity (Wildman–Crippen MR) is 97.6 cm³/mol. The van der Waals surface area contributed by atoms with Gasteiger partial charge in [-0.05, 0) is 19.8 Å². The van der Waals surface area contributed by atoms with E-state index in [1.807, 2.05) is 11.8 Å². The highest BCUT2D eigenvalue weighted by molar-refractivity contribution is 7.15. The van der Waals surface area contributed by atoms with Gasteiger partial charge < -0.3 is 25.4 Å². The largest absolute Gasteiger partial charge is 0.389 e. The van der Waals surface area contributed by atoms with Crippen LogP contribution in [0.5, 0.6) is 0 Å². The van der Waals surface area contributed by atoms with Crippen LogP contribution in [0, 0.1) is 0 Å². The highest BCUT2D eigenvalue weighted by Crippen LogP contribution is 2.27. The molecule has 1 fully saturated rings. The number of aryl methyl sites for hydroxylation is 1. The Bertz CT molecular complexity index is 779. The highest BCUT2D eigenvalue weighted by atomic mass is 35.5. The summed E-state index contributed by atoms with van der Waals surface area (Å²) in [7, 11) is 0. The molecule has 2 aromatic heterocycles. The van der Waals surface area contributed by atoms with E-state index in [2.05, 4.69) is 25.5 Å². The molecule has 4 N–H and O–H groups in total. The van der Waals surface area contributed by atoms with E-state index in [0.717, 1.165) is 0 Å². The first-order valence-corrected chi connectivity index (χ1v) is 9.58. The van der Waals surface area contributed by atoms with Gasteiger partial charge in [0.15, 0.2) is 11.0 Å². The molecule has 3 atom stereocenters. The van der Waals surface area contributed by atoms with Gasteiger partial charge in [-0.3, -0.25) is 4.79 Å². The molecule has 1 saturated heterocycles. The summed E-state index contributed by atoms with van der Waals surface area (Å²) in [6.45, 7) is 4.47. The molecule has 2 aromatic rings. The lowest BCUT2D eigenvalue weighted by atomic mass is 10.0. The van der Waals surface area contributed by atoms with E-state index in [9.17, 15) is 15.0 Å². The minimum Gasteiger partial charge on any atom is -0.389 e. The molecule has 0 radical (unpaired) electrons. The monoisotopic (exact) mass is 400 g/mol. The first kappa shape index (κ1) is 19.0. The van der Waals surface area contributed by atoms with Crippen molar-refractivity contribution in [2.24, 2.45) is 0 Å². The number of imidazole rings is 1. The number of nitrogens with zero attached hydrogens (tertiary/aromatic N) is 4. The van der Waals surface area contributed by atoms with Crippen LogP contribution in [0.15, 0.2) is 0 Å². The zero-order chi connectivity index (χ0) is 18.8. The number of anilines is 1. The Balaban J connectivity index is 1.60. The number of hydrogen-bond donors (Lipinski definition) is 4. The topological polar surface area (TPSA) is 127 Å². The standard InChI is InChI=1S/C15H21ClN6O3S/c1-3-8-11(16)19-12(17-8)13(25)18-9-4-5-22(6-10(9)24)15-21-20-14(26-15)7(2)23/h7,9-10,23-24H,3-6H2,1-2H3,(H,17,19)(H,18,25). The molecule has 26 heavy (non-hydrogen) atoms. The van der Waals surface area contributed by atoms with E-state index in [1.54, 1.807) is 6.92 Å². The van der Waals surface area contributed by atoms with Crippen molar-refractivity contribution in [1.29, 1.82) is 0 Å². The van der Waals surface area contributed by atoms with Gasteiger partial charge in [0.25, 0.3) is 5.91 Å². The summed E-state index contributed by atoms with van der Waals surface area (Å²) >= 11 is 7.26. The average Bonchev–Trinajstić information content (AvgIpc) is 3.23. The lowest BCUT2D eigenvalue weighted by Gasteiger charge is -2.35. The Morgan fingerprint density at radius 2 is 2.31 bits per heavy atom. The SMILES string of the molecule is CCc1[nH]c(C(=O)NC2CCN(c3nnc(C(C)O)s3)CC2O)nc1Cl. The Kier molecular flexibility index (Phi) is 5.76. The molecule has 3 unspecified atom stereocenters. The van der Waals surface area contributed by atoms with Gasteiger partial charge in [-0.15, -0.1) is 10.2 Å². The van der Waals surface area contributed by atoms with Crippen LogP contribution < -0.4 is 10.2 Å². The molecule has 142 valence electrons. The maximum atomic E-state index is 12.3. The second kappa shape index (κ2) is 7.87. The number of hydrogen-bond acceptors (Lipinski definition) is 8. The van der Waals surface area contributed by atoms with E-state index in [0.29, 0.717) is 46.9 Å². The van der Waals surface area contributed by atoms with Crippen LogP contribution in [-0.2, 0) is 6.42 Å². The molecule has 11 heteroatoms. The van der Waals surface area contributed by atoms with Gasteiger partial charge in [0.05, 0.1) is 17.8 Å². The summed E-state index contributed by atoms with van der Waals surface area (Å²) in [6.07, 6.45) is -0.235. The van der Waals surface area contributed by atoms with Gasteiger partial charge in [-0.1, -0.05) is 29.9 Å². The zero-order valence-electron chi connectivity index (χ0n) is 14.4. The summed E-state index contributed by atoms with van der Waals surface area (Å²) in [4.78, 5) is 21.1. The van der Waals surface area contributed by atoms with Gasteiger partial charge >= 0.3 is 0 Å². The second-order valence-electron chi connectivity index (χ2n) is 6.19. The zero-order valence-corrected chi connectivity index (χ0v) is 16.0. The third-order valence-corrected chi connectivity index (χ3v) is 5.72. The molecule has 3 heterocycles. The number of aromatic amines is 1. The van der Waals surface area contributed by atoms with Crippen LogP contribution in [0.3, 0.4) is 0 Å². The van der Waals surface area contributed by atoms with E-state index in [4.69, 9.17) is 11.6 Å². The molecule has 3 rings (SSSR count). The van der Waals surface area contributed by atoms with E-state index in [-0.39, 0.29) is 5.82 Å². The summed E-state index contributed by atoms with van der Waals surface area (Å²) in [6, 6.07) is -0.392. The lowest BCUT2D eigenvalue weighted by Crippen LogP contribution is -2.54. The Morgan fingerprint density at radius 3 is 2.88 bits per heavy atom. The first-order chi connectivity index (χ1) is 12.4. The number of piperidine rings is 1. The van der Waals surface area contributed by atoms with Crippen molar-refractivity contribution in [3.05, 3.63) is 21.7 Å². The van der Waals surface area contributed by atoms with Crippen molar-refractivity contribution in [2.45, 2.75) is 44.9 Å². The molecule has 9 nitrogen and oxygen atoms in total. The quantitative estimate of drug-likeness (QED) is 0.587. The lowest BCUT2D eigenvalue weighted by molar-refractivity contribution is 0.0790. The van der Waals surface area contributed by atoms with Crippen molar-refractivity contribution in [3.63, 3.8) is 0 Å². The summed E-state index contributed by atoms with van der Waals surface area (Å²) in [5.41, 5.74) is 0.706. The molecular formula is C15H21ClN6O3S. The van der Waals surface area contributed by atoms with Crippen molar-refractivity contribution in [3.8, 4) is 0 Å². The molecule has 1 aliphatic heterocycles. The van der Waals surface area contributed by atoms with Crippen molar-refractivity contribution >= 4 is 34.0 Å². The van der Waals surface area contributed by atoms with Crippen LogP contribution in [0.2, 0.25) is 5.15 Å². The number of carbonyl (C=O) groups excluding carboxylic acids is 1. The van der Waals surface area contributed by atoms with Gasteiger partial charge in [0, 0.05) is 13.1 Å². The predicted octanol–water partition coefficient (Wildman–Crippen LogP) is 0.900. The number of aliphatic hydroxyl groups is 2. The van der Waals surface area contributed by atoms with Crippen molar-refractivity contribution in [1.82, 2.24) is 25.5 Å². The number of H-pyrrole nitrogens is 1. The van der Waals surface area contributed by atoms with E-state index in [1.165, 1.54) is 11.3 Å². The fourth-order valence-electron chi connectivity index (χ4n) is 2.76.